The molecule has 0 unspecified atom stereocenters. The van der Waals surface area contributed by atoms with E-state index in [1.54, 1.807) is 0 Å². The Morgan fingerprint density at radius 3 is 2.47 bits per heavy atom. The van der Waals surface area contributed by atoms with Crippen molar-refractivity contribution in [1.29, 1.82) is 0 Å². The van der Waals surface area contributed by atoms with Crippen molar-refractivity contribution in [3.8, 4) is 5.75 Å². The second-order valence-electron chi connectivity index (χ2n) is 4.28. The van der Waals surface area contributed by atoms with E-state index in [1.807, 2.05) is 36.4 Å². The fourth-order valence-electron chi connectivity index (χ4n) is 1.91. The van der Waals surface area contributed by atoms with E-state index in [0.29, 0.717) is 12.5 Å². The van der Waals surface area contributed by atoms with Gasteiger partial charge in [0.25, 0.3) is 0 Å². The lowest BCUT2D eigenvalue weighted by molar-refractivity contribution is 0.319. The molecule has 3 heteroatoms. The van der Waals surface area contributed by atoms with Crippen molar-refractivity contribution in [2.45, 2.75) is 12.8 Å². The zero-order valence-corrected chi connectivity index (χ0v) is 12.1. The maximum absolute atomic E-state index is 5.98. The van der Waals surface area contributed by atoms with Crippen LogP contribution in [0.5, 0.6) is 5.75 Å². The summed E-state index contributed by atoms with van der Waals surface area (Å²) in [6, 6.07) is 16.0. The van der Waals surface area contributed by atoms with Gasteiger partial charge in [-0.1, -0.05) is 41.9 Å². The van der Waals surface area contributed by atoms with Crippen molar-refractivity contribution < 1.29 is 4.74 Å². The summed E-state index contributed by atoms with van der Waals surface area (Å²) in [6.45, 7) is 0.654. The predicted octanol–water partition coefficient (Wildman–Crippen LogP) is 4.74. The van der Waals surface area contributed by atoms with Crippen molar-refractivity contribution >= 4 is 23.2 Å². The van der Waals surface area contributed by atoms with Crippen LogP contribution in [0.25, 0.3) is 0 Å². The highest BCUT2D eigenvalue weighted by Crippen LogP contribution is 2.24. The van der Waals surface area contributed by atoms with Gasteiger partial charge in [0.1, 0.15) is 5.75 Å². The zero-order chi connectivity index (χ0) is 13.5. The molecule has 0 fully saturated rings. The van der Waals surface area contributed by atoms with E-state index in [4.69, 9.17) is 27.9 Å². The first-order chi connectivity index (χ1) is 9.29. The highest BCUT2D eigenvalue weighted by atomic mass is 35.5. The normalized spacial score (nSPS) is 10.4. The average Bonchev–Trinajstić information content (AvgIpc) is 2.43. The first-order valence-electron chi connectivity index (χ1n) is 6.30. The predicted molar refractivity (Wildman–Crippen MR) is 81.5 cm³/mol. The standard InChI is InChI=1S/C16H16Cl2O/c17-10-8-14-12-15(18)6-7-16(14)19-11-9-13-4-2-1-3-5-13/h1-7,12H,8-11H2. The zero-order valence-electron chi connectivity index (χ0n) is 10.6. The minimum Gasteiger partial charge on any atom is -0.493 e. The van der Waals surface area contributed by atoms with Gasteiger partial charge in [0.05, 0.1) is 6.61 Å². The number of hydrogen-bond acceptors (Lipinski definition) is 1. The van der Waals surface area contributed by atoms with Crippen molar-refractivity contribution in [1.82, 2.24) is 0 Å². The number of ether oxygens (including phenoxy) is 1. The number of benzene rings is 2. The van der Waals surface area contributed by atoms with Gasteiger partial charge in [0.2, 0.25) is 0 Å². The summed E-state index contributed by atoms with van der Waals surface area (Å²) >= 11 is 11.8. The first-order valence-corrected chi connectivity index (χ1v) is 7.22. The lowest BCUT2D eigenvalue weighted by atomic mass is 10.1. The van der Waals surface area contributed by atoms with Crippen molar-refractivity contribution in [3.63, 3.8) is 0 Å². The third kappa shape index (κ3) is 4.45. The minimum absolute atomic E-state index is 0.565. The van der Waals surface area contributed by atoms with Gasteiger partial charge in [-0.3, -0.25) is 0 Å². The topological polar surface area (TPSA) is 9.23 Å². The molecule has 0 aliphatic carbocycles. The Hall–Kier alpha value is -1.18. The monoisotopic (exact) mass is 294 g/mol. The number of aryl methyl sites for hydroxylation is 1. The fraction of sp³-hybridized carbons (Fsp3) is 0.250. The molecule has 0 aromatic heterocycles. The summed E-state index contributed by atoms with van der Waals surface area (Å²) in [6.07, 6.45) is 1.66. The van der Waals surface area contributed by atoms with Crippen LogP contribution in [0.4, 0.5) is 0 Å². The summed E-state index contributed by atoms with van der Waals surface area (Å²) in [5.74, 6) is 1.44. The molecule has 100 valence electrons. The molecule has 0 aliphatic heterocycles. The largest absolute Gasteiger partial charge is 0.493 e. The summed E-state index contributed by atoms with van der Waals surface area (Å²) < 4.78 is 5.83. The van der Waals surface area contributed by atoms with Crippen LogP contribution in [0.2, 0.25) is 5.02 Å². The molecule has 0 bridgehead atoms. The van der Waals surface area contributed by atoms with Crippen LogP contribution in [0.1, 0.15) is 11.1 Å². The highest BCUT2D eigenvalue weighted by molar-refractivity contribution is 6.30. The van der Waals surface area contributed by atoms with Crippen LogP contribution >= 0.6 is 23.2 Å². The number of hydrogen-bond donors (Lipinski definition) is 0. The Morgan fingerprint density at radius 2 is 1.74 bits per heavy atom. The lowest BCUT2D eigenvalue weighted by Gasteiger charge is -2.11. The van der Waals surface area contributed by atoms with Crippen molar-refractivity contribution in [2.24, 2.45) is 0 Å². The molecule has 0 amide bonds. The SMILES string of the molecule is ClCCc1cc(Cl)ccc1OCCc1ccccc1. The summed E-state index contributed by atoms with van der Waals surface area (Å²) in [7, 11) is 0. The van der Waals surface area contributed by atoms with E-state index in [-0.39, 0.29) is 0 Å². The third-order valence-electron chi connectivity index (χ3n) is 2.88. The number of alkyl halides is 1. The number of halogens is 2. The van der Waals surface area contributed by atoms with Gasteiger partial charge >= 0.3 is 0 Å². The van der Waals surface area contributed by atoms with Gasteiger partial charge in [0, 0.05) is 17.3 Å². The quantitative estimate of drug-likeness (QED) is 0.699. The first kappa shape index (κ1) is 14.2. The molecule has 0 spiro atoms. The molecular formula is C16H16Cl2O. The van der Waals surface area contributed by atoms with E-state index < -0.39 is 0 Å². The third-order valence-corrected chi connectivity index (χ3v) is 3.30. The highest BCUT2D eigenvalue weighted by Gasteiger charge is 2.04. The van der Waals surface area contributed by atoms with Gasteiger partial charge in [0.15, 0.2) is 0 Å². The average molecular weight is 295 g/mol. The summed E-state index contributed by atoms with van der Waals surface area (Å²) in [5, 5.41) is 0.718. The second kappa shape index (κ2) is 7.42. The molecule has 19 heavy (non-hydrogen) atoms. The molecular weight excluding hydrogens is 279 g/mol. The van der Waals surface area contributed by atoms with Gasteiger partial charge in [-0.2, -0.15) is 0 Å². The molecule has 0 atom stereocenters. The van der Waals surface area contributed by atoms with Crippen LogP contribution in [0.3, 0.4) is 0 Å². The molecule has 2 aromatic carbocycles. The Kier molecular flexibility index (Phi) is 5.56. The second-order valence-corrected chi connectivity index (χ2v) is 5.09. The number of rotatable bonds is 6. The molecule has 1 nitrogen and oxygen atoms in total. The molecule has 2 rings (SSSR count). The van der Waals surface area contributed by atoms with E-state index in [2.05, 4.69) is 12.1 Å². The minimum atomic E-state index is 0.565. The van der Waals surface area contributed by atoms with E-state index in [9.17, 15) is 0 Å². The molecule has 0 heterocycles. The van der Waals surface area contributed by atoms with E-state index in [1.165, 1.54) is 5.56 Å². The molecule has 0 aliphatic rings. The van der Waals surface area contributed by atoms with Gasteiger partial charge < -0.3 is 4.74 Å². The molecule has 0 N–H and O–H groups in total. The Morgan fingerprint density at radius 1 is 0.947 bits per heavy atom. The summed E-state index contributed by atoms with van der Waals surface area (Å²) in [5.41, 5.74) is 2.34. The van der Waals surface area contributed by atoms with Crippen LogP contribution in [-0.4, -0.2) is 12.5 Å². The van der Waals surface area contributed by atoms with Gasteiger partial charge in [-0.05, 0) is 35.7 Å². The fourth-order valence-corrected chi connectivity index (χ4v) is 2.31. The molecule has 0 saturated heterocycles. The van der Waals surface area contributed by atoms with Crippen molar-refractivity contribution in [3.05, 3.63) is 64.7 Å². The molecule has 0 saturated carbocycles. The van der Waals surface area contributed by atoms with E-state index in [0.717, 1.165) is 29.2 Å². The van der Waals surface area contributed by atoms with Crippen molar-refractivity contribution in [2.75, 3.05) is 12.5 Å². The van der Waals surface area contributed by atoms with Gasteiger partial charge in [-0.25, -0.2) is 0 Å². The van der Waals surface area contributed by atoms with Crippen LogP contribution in [-0.2, 0) is 12.8 Å². The maximum Gasteiger partial charge on any atom is 0.122 e. The Bertz CT molecular complexity index is 511. The summed E-state index contributed by atoms with van der Waals surface area (Å²) in [4.78, 5) is 0. The smallest absolute Gasteiger partial charge is 0.122 e. The molecule has 2 aromatic rings. The van der Waals surface area contributed by atoms with Crippen LogP contribution < -0.4 is 4.74 Å². The van der Waals surface area contributed by atoms with E-state index >= 15 is 0 Å². The Balaban J connectivity index is 1.95. The molecule has 0 radical (unpaired) electrons. The maximum atomic E-state index is 5.98. The Labute approximate surface area is 124 Å². The van der Waals surface area contributed by atoms with Crippen LogP contribution in [0.15, 0.2) is 48.5 Å². The van der Waals surface area contributed by atoms with Crippen LogP contribution in [0, 0.1) is 0 Å². The lowest BCUT2D eigenvalue weighted by Crippen LogP contribution is -2.03. The van der Waals surface area contributed by atoms with Gasteiger partial charge in [-0.15, -0.1) is 11.6 Å².